The summed E-state index contributed by atoms with van der Waals surface area (Å²) < 4.78 is 17.4. The number of aldehydes is 1. The summed E-state index contributed by atoms with van der Waals surface area (Å²) in [5.41, 5.74) is 2.84. The van der Waals surface area contributed by atoms with Gasteiger partial charge >= 0.3 is 5.97 Å². The first-order chi connectivity index (χ1) is 32.0. The fourth-order valence-electron chi connectivity index (χ4n) is 9.00. The van der Waals surface area contributed by atoms with Crippen LogP contribution in [0.5, 0.6) is 0 Å². The molecule has 0 amide bonds. The minimum Gasteiger partial charge on any atom is -0.461 e. The fraction of sp³-hybridized carbons (Fsp3) is 0.721. The fourth-order valence-corrected chi connectivity index (χ4v) is 9.00. The highest BCUT2D eigenvalue weighted by atomic mass is 16.5. The van der Waals surface area contributed by atoms with E-state index in [0.717, 1.165) is 85.4 Å². The Balaban J connectivity index is 0.00000108. The zero-order valence-corrected chi connectivity index (χ0v) is 45.5. The maximum atomic E-state index is 13.2. The third kappa shape index (κ3) is 25.7. The molecule has 3 atom stereocenters. The summed E-state index contributed by atoms with van der Waals surface area (Å²) in [6.07, 6.45) is 48.2. The number of Topliss-reactive ketones (excluding diaryl/α,β-unsaturated/α-hetero) is 1. The van der Waals surface area contributed by atoms with Crippen molar-refractivity contribution in [1.29, 1.82) is 0 Å². The largest absolute Gasteiger partial charge is 0.461 e. The van der Waals surface area contributed by atoms with Gasteiger partial charge in [0.05, 0.1) is 29.8 Å². The lowest BCUT2D eigenvalue weighted by Gasteiger charge is -2.41. The topological polar surface area (TPSA) is 78.9 Å². The zero-order valence-electron chi connectivity index (χ0n) is 45.5. The van der Waals surface area contributed by atoms with Gasteiger partial charge < -0.3 is 19.0 Å². The van der Waals surface area contributed by atoms with Gasteiger partial charge in [0, 0.05) is 25.7 Å². The summed E-state index contributed by atoms with van der Waals surface area (Å²) in [7, 11) is 0. The molecule has 0 aromatic heterocycles. The maximum Gasteiger partial charge on any atom is 0.315 e. The molecule has 6 nitrogen and oxygen atoms in total. The molecule has 4 aliphatic rings. The Hall–Kier alpha value is -3.45. The summed E-state index contributed by atoms with van der Waals surface area (Å²) in [5, 5.41) is 0. The SMILES string of the molecule is C#CCC1(C(=O)OC/C(C)=C(\CCC)C(CC(=O)CCC/C=C\C)=C(C)C)CCC(C)(C)OC1.C#CCC1(C=O)CCC(C)(C)OC1.C1=CCC(CCCCCC2CCCC2)C=C1.CC.CC. The number of ketones is 1. The molecule has 0 N–H and O–H groups in total. The highest BCUT2D eigenvalue weighted by molar-refractivity contribution is 5.82. The van der Waals surface area contributed by atoms with E-state index in [1.165, 1.54) is 64.2 Å². The normalized spacial score (nSPS) is 22.8. The van der Waals surface area contributed by atoms with Gasteiger partial charge in [-0.15, -0.1) is 24.7 Å². The average Bonchev–Trinajstić information content (AvgIpc) is 3.85. The summed E-state index contributed by atoms with van der Waals surface area (Å²) >= 11 is 0. The van der Waals surface area contributed by atoms with E-state index in [-0.39, 0.29) is 36.2 Å². The smallest absolute Gasteiger partial charge is 0.315 e. The quantitative estimate of drug-likeness (QED) is 0.0285. The Morgan fingerprint density at radius 1 is 0.791 bits per heavy atom. The number of terminal acetylenes is 2. The third-order valence-corrected chi connectivity index (χ3v) is 13.6. The molecule has 3 fully saturated rings. The second kappa shape index (κ2) is 35.6. The van der Waals surface area contributed by atoms with E-state index < -0.39 is 10.8 Å². The lowest BCUT2D eigenvalue weighted by atomic mass is 9.76. The number of allylic oxidation sites excluding steroid dienone is 9. The maximum absolute atomic E-state index is 13.2. The van der Waals surface area contributed by atoms with Crippen molar-refractivity contribution in [2.24, 2.45) is 22.7 Å². The van der Waals surface area contributed by atoms with Gasteiger partial charge in [0.2, 0.25) is 0 Å². The first-order valence-electron chi connectivity index (χ1n) is 26.6. The van der Waals surface area contributed by atoms with Crippen LogP contribution in [-0.4, -0.2) is 49.1 Å². The summed E-state index contributed by atoms with van der Waals surface area (Å²) in [6.45, 7) is 27.3. The number of carbonyl (C=O) groups is 3. The molecule has 4 rings (SSSR count). The van der Waals surface area contributed by atoms with Gasteiger partial charge in [-0.3, -0.25) is 9.59 Å². The van der Waals surface area contributed by atoms with Crippen molar-refractivity contribution >= 4 is 18.0 Å². The van der Waals surface area contributed by atoms with Crippen LogP contribution in [0.4, 0.5) is 0 Å². The van der Waals surface area contributed by atoms with Crippen molar-refractivity contribution < 1.29 is 28.6 Å². The molecular formula is C61H100O6. The molecule has 6 heteroatoms. The van der Waals surface area contributed by atoms with Gasteiger partial charge in [-0.05, 0) is 142 Å². The van der Waals surface area contributed by atoms with Gasteiger partial charge in [0.15, 0.2) is 0 Å². The Morgan fingerprint density at radius 3 is 1.93 bits per heavy atom. The van der Waals surface area contributed by atoms with Crippen molar-refractivity contribution in [2.45, 2.75) is 242 Å². The monoisotopic (exact) mass is 929 g/mol. The highest BCUT2D eigenvalue weighted by Gasteiger charge is 2.46. The molecule has 380 valence electrons. The molecule has 0 spiro atoms. The van der Waals surface area contributed by atoms with E-state index in [0.29, 0.717) is 38.7 Å². The summed E-state index contributed by atoms with van der Waals surface area (Å²) in [4.78, 5) is 36.8. The third-order valence-electron chi connectivity index (χ3n) is 13.6. The van der Waals surface area contributed by atoms with Crippen molar-refractivity contribution in [3.8, 4) is 24.7 Å². The van der Waals surface area contributed by atoms with E-state index in [9.17, 15) is 14.4 Å². The van der Waals surface area contributed by atoms with E-state index in [1.54, 1.807) is 0 Å². The van der Waals surface area contributed by atoms with Gasteiger partial charge in [-0.1, -0.05) is 134 Å². The number of carbonyl (C=O) groups excluding carboxylic acids is 3. The van der Waals surface area contributed by atoms with Crippen LogP contribution in [0.15, 0.2) is 58.7 Å². The van der Waals surface area contributed by atoms with Crippen molar-refractivity contribution in [3.05, 3.63) is 58.7 Å². The highest BCUT2D eigenvalue weighted by Crippen LogP contribution is 2.40. The summed E-state index contributed by atoms with van der Waals surface area (Å²) in [5.74, 6) is 7.11. The van der Waals surface area contributed by atoms with Gasteiger partial charge in [-0.25, -0.2) is 0 Å². The summed E-state index contributed by atoms with van der Waals surface area (Å²) in [6, 6.07) is 0. The van der Waals surface area contributed by atoms with Crippen molar-refractivity contribution in [2.75, 3.05) is 19.8 Å². The molecule has 1 saturated carbocycles. The zero-order chi connectivity index (χ0) is 50.8. The van der Waals surface area contributed by atoms with E-state index in [2.05, 4.69) is 63.0 Å². The number of unbranched alkanes of at least 4 members (excludes halogenated alkanes) is 3. The minimum atomic E-state index is -0.780. The number of rotatable bonds is 21. The molecule has 2 aliphatic carbocycles. The molecule has 2 saturated heterocycles. The number of hydrogen-bond acceptors (Lipinski definition) is 6. The van der Waals surface area contributed by atoms with E-state index in [4.69, 9.17) is 27.1 Å². The Labute approximate surface area is 413 Å². The Bertz CT molecular complexity index is 1620. The number of hydrogen-bond donors (Lipinski definition) is 0. The van der Waals surface area contributed by atoms with Crippen LogP contribution in [-0.2, 0) is 28.6 Å². The second-order valence-corrected chi connectivity index (χ2v) is 20.5. The molecule has 2 heterocycles. The molecule has 0 aromatic rings. The van der Waals surface area contributed by atoms with Gasteiger partial charge in [-0.2, -0.15) is 0 Å². The van der Waals surface area contributed by atoms with E-state index in [1.807, 2.05) is 75.3 Å². The van der Waals surface area contributed by atoms with Crippen LogP contribution in [0.3, 0.4) is 0 Å². The first kappa shape index (κ1) is 63.5. The Kier molecular flexibility index (Phi) is 33.8. The van der Waals surface area contributed by atoms with Crippen LogP contribution >= 0.6 is 0 Å². The second-order valence-electron chi connectivity index (χ2n) is 20.5. The lowest BCUT2D eigenvalue weighted by Crippen LogP contribution is -2.46. The molecular weight excluding hydrogens is 829 g/mol. The van der Waals surface area contributed by atoms with Crippen LogP contribution in [0.2, 0.25) is 0 Å². The minimum absolute atomic E-state index is 0.0961. The van der Waals surface area contributed by atoms with Crippen LogP contribution in [0.1, 0.15) is 231 Å². The average molecular weight is 929 g/mol. The molecule has 0 aromatic carbocycles. The number of ether oxygens (including phenoxy) is 3. The first-order valence-corrected chi connectivity index (χ1v) is 26.6. The predicted octanol–water partition coefficient (Wildman–Crippen LogP) is 16.4. The van der Waals surface area contributed by atoms with Gasteiger partial charge in [0.25, 0.3) is 0 Å². The van der Waals surface area contributed by atoms with E-state index >= 15 is 0 Å². The number of esters is 1. The van der Waals surface area contributed by atoms with Gasteiger partial charge in [0.1, 0.15) is 24.1 Å². The van der Waals surface area contributed by atoms with Crippen molar-refractivity contribution in [3.63, 3.8) is 0 Å². The van der Waals surface area contributed by atoms with Crippen molar-refractivity contribution in [1.82, 2.24) is 0 Å². The molecule has 0 radical (unpaired) electrons. The molecule has 67 heavy (non-hydrogen) atoms. The molecule has 3 unspecified atom stereocenters. The Morgan fingerprint density at radius 2 is 1.42 bits per heavy atom. The van der Waals surface area contributed by atoms with Crippen LogP contribution in [0.25, 0.3) is 0 Å². The van der Waals surface area contributed by atoms with Crippen LogP contribution in [0, 0.1) is 47.4 Å². The molecule has 2 aliphatic heterocycles. The predicted molar refractivity (Wildman–Crippen MR) is 286 cm³/mol. The lowest BCUT2D eigenvalue weighted by molar-refractivity contribution is -0.174. The molecule has 0 bridgehead atoms. The van der Waals surface area contributed by atoms with Crippen LogP contribution < -0.4 is 0 Å². The standard InChI is InChI=1S/C30H46O4.C16H26.C11H16O2.2C2H6/c1-9-12-13-14-16-25(31)20-27(23(4)5)26(15-10-2)24(6)21-33-28(32)30(17-11-3)19-18-29(7,8)34-22-30;1-3-9-15(10-4-1)11-5-2-6-12-16-13-7-8-14-16;1-4-5-11(8-12)7-6-10(2,3)13-9-11;2*1-2/h3,9,12H,10,13-22H2,1-2,4-8H3;1,3-4,9,15-16H,2,5-8,10-14H2;1,8H,5-7,9H2,2-3H3;2*1-2H3/b12-9-,26-24+;;;;.